The summed E-state index contributed by atoms with van der Waals surface area (Å²) in [6.45, 7) is 7.86. The van der Waals surface area contributed by atoms with Gasteiger partial charge in [-0.2, -0.15) is 4.98 Å². The van der Waals surface area contributed by atoms with Crippen LogP contribution in [0.15, 0.2) is 33.9 Å². The SMILES string of the molecule is CCOC(C)c1noc(CNC(=NC)NC2CCN(Cc3ccccn3)CC2)n1.I. The van der Waals surface area contributed by atoms with Gasteiger partial charge in [0.05, 0.1) is 12.2 Å². The van der Waals surface area contributed by atoms with Crippen molar-refractivity contribution in [2.24, 2.45) is 4.99 Å². The first-order valence-corrected chi connectivity index (χ1v) is 10.2. The third-order valence-electron chi connectivity index (χ3n) is 4.93. The van der Waals surface area contributed by atoms with Gasteiger partial charge in [0.1, 0.15) is 6.10 Å². The molecule has 1 atom stereocenters. The summed E-state index contributed by atoms with van der Waals surface area (Å²) in [4.78, 5) is 15.5. The fourth-order valence-electron chi connectivity index (χ4n) is 3.33. The maximum atomic E-state index is 5.49. The van der Waals surface area contributed by atoms with Crippen LogP contribution in [0.3, 0.4) is 0 Å². The van der Waals surface area contributed by atoms with Gasteiger partial charge in [-0.05, 0) is 38.8 Å². The summed E-state index contributed by atoms with van der Waals surface area (Å²) < 4.78 is 10.8. The fraction of sp³-hybridized carbons (Fsp3) is 0.600. The standard InChI is InChI=1S/C20H31N7O2.HI/c1-4-28-15(2)19-25-18(29-26-19)13-23-20(21-3)24-16-8-11-27(12-9-16)14-17-7-5-6-10-22-17;/h5-7,10,15-16H,4,8-9,11-14H2,1-3H3,(H2,21,23,24);1H. The van der Waals surface area contributed by atoms with Gasteiger partial charge in [-0.25, -0.2) is 0 Å². The molecule has 0 aromatic carbocycles. The van der Waals surface area contributed by atoms with Crippen molar-refractivity contribution in [2.45, 2.75) is 51.9 Å². The van der Waals surface area contributed by atoms with Crippen LogP contribution in [0.5, 0.6) is 0 Å². The number of guanidine groups is 1. The van der Waals surface area contributed by atoms with Gasteiger partial charge in [-0.1, -0.05) is 11.2 Å². The zero-order valence-electron chi connectivity index (χ0n) is 17.9. The van der Waals surface area contributed by atoms with Crippen molar-refractivity contribution < 1.29 is 9.26 Å². The lowest BCUT2D eigenvalue weighted by Gasteiger charge is -2.32. The number of aliphatic imine (C=N–C) groups is 1. The number of rotatable bonds is 8. The van der Waals surface area contributed by atoms with E-state index in [-0.39, 0.29) is 30.1 Å². The third kappa shape index (κ3) is 7.47. The molecule has 1 aliphatic heterocycles. The number of nitrogens with one attached hydrogen (secondary N) is 2. The highest BCUT2D eigenvalue weighted by Crippen LogP contribution is 2.14. The van der Waals surface area contributed by atoms with Gasteiger partial charge in [0, 0.05) is 45.5 Å². The maximum absolute atomic E-state index is 5.49. The highest BCUT2D eigenvalue weighted by atomic mass is 127. The van der Waals surface area contributed by atoms with E-state index in [2.05, 4.69) is 41.7 Å². The summed E-state index contributed by atoms with van der Waals surface area (Å²) in [6, 6.07) is 6.45. The number of ether oxygens (including phenoxy) is 1. The van der Waals surface area contributed by atoms with Crippen LogP contribution in [-0.4, -0.2) is 58.8 Å². The molecular formula is C20H32IN7O2. The molecule has 1 saturated heterocycles. The topological polar surface area (TPSA) is 101 Å². The molecule has 10 heteroatoms. The largest absolute Gasteiger partial charge is 0.371 e. The molecule has 2 aromatic rings. The molecule has 0 amide bonds. The van der Waals surface area contributed by atoms with Crippen LogP contribution < -0.4 is 10.6 Å². The summed E-state index contributed by atoms with van der Waals surface area (Å²) in [5.41, 5.74) is 1.12. The number of aromatic nitrogens is 3. The van der Waals surface area contributed by atoms with Gasteiger partial charge in [0.2, 0.25) is 5.89 Å². The Labute approximate surface area is 195 Å². The number of likely N-dealkylation sites (tertiary alicyclic amines) is 1. The van der Waals surface area contributed by atoms with Crippen LogP contribution in [0.25, 0.3) is 0 Å². The van der Waals surface area contributed by atoms with Crippen LogP contribution in [0.2, 0.25) is 0 Å². The van der Waals surface area contributed by atoms with Gasteiger partial charge in [0.15, 0.2) is 11.8 Å². The average Bonchev–Trinajstić information content (AvgIpc) is 3.22. The van der Waals surface area contributed by atoms with E-state index >= 15 is 0 Å². The summed E-state index contributed by atoms with van der Waals surface area (Å²) in [7, 11) is 1.77. The molecule has 30 heavy (non-hydrogen) atoms. The Morgan fingerprint density at radius 1 is 1.37 bits per heavy atom. The number of piperidine rings is 1. The molecular weight excluding hydrogens is 497 g/mol. The second-order valence-corrected chi connectivity index (χ2v) is 7.09. The lowest BCUT2D eigenvalue weighted by molar-refractivity contribution is 0.0683. The summed E-state index contributed by atoms with van der Waals surface area (Å²) in [6.07, 6.45) is 3.79. The molecule has 1 fully saturated rings. The monoisotopic (exact) mass is 529 g/mol. The van der Waals surface area contributed by atoms with Crippen LogP contribution in [0, 0.1) is 0 Å². The van der Waals surface area contributed by atoms with Crippen molar-refractivity contribution in [2.75, 3.05) is 26.7 Å². The number of hydrogen-bond acceptors (Lipinski definition) is 7. The second kappa shape index (κ2) is 12.8. The highest BCUT2D eigenvalue weighted by molar-refractivity contribution is 14.0. The lowest BCUT2D eigenvalue weighted by atomic mass is 10.1. The zero-order chi connectivity index (χ0) is 20.5. The Kier molecular flexibility index (Phi) is 10.4. The molecule has 3 heterocycles. The van der Waals surface area contributed by atoms with Crippen LogP contribution in [0.4, 0.5) is 0 Å². The second-order valence-electron chi connectivity index (χ2n) is 7.09. The van der Waals surface area contributed by atoms with E-state index in [1.807, 2.05) is 32.2 Å². The molecule has 1 unspecified atom stereocenters. The van der Waals surface area contributed by atoms with Crippen molar-refractivity contribution in [3.05, 3.63) is 41.8 Å². The van der Waals surface area contributed by atoms with E-state index in [0.717, 1.165) is 44.1 Å². The quantitative estimate of drug-likeness (QED) is 0.306. The van der Waals surface area contributed by atoms with E-state index < -0.39 is 0 Å². The molecule has 0 bridgehead atoms. The summed E-state index contributed by atoms with van der Waals surface area (Å²) >= 11 is 0. The van der Waals surface area contributed by atoms with Gasteiger partial charge >= 0.3 is 0 Å². The van der Waals surface area contributed by atoms with Gasteiger partial charge in [-0.15, -0.1) is 24.0 Å². The molecule has 0 spiro atoms. The predicted octanol–water partition coefficient (Wildman–Crippen LogP) is 2.51. The Hall–Kier alpha value is -1.79. The smallest absolute Gasteiger partial charge is 0.246 e. The average molecular weight is 529 g/mol. The number of nitrogens with zero attached hydrogens (tertiary/aromatic N) is 5. The molecule has 0 aliphatic carbocycles. The van der Waals surface area contributed by atoms with E-state index in [1.54, 1.807) is 7.05 Å². The summed E-state index contributed by atoms with van der Waals surface area (Å²) in [5.74, 6) is 1.82. The number of hydrogen-bond donors (Lipinski definition) is 2. The molecule has 0 radical (unpaired) electrons. The molecule has 9 nitrogen and oxygen atoms in total. The molecule has 1 aliphatic rings. The molecule has 0 saturated carbocycles. The van der Waals surface area contributed by atoms with Crippen molar-refractivity contribution in [3.8, 4) is 0 Å². The fourth-order valence-corrected chi connectivity index (χ4v) is 3.33. The lowest BCUT2D eigenvalue weighted by Crippen LogP contribution is -2.48. The molecule has 3 rings (SSSR count). The first kappa shape index (κ1) is 24.5. The number of halogens is 1. The van der Waals surface area contributed by atoms with E-state index in [1.165, 1.54) is 0 Å². The predicted molar refractivity (Wildman–Crippen MR) is 126 cm³/mol. The van der Waals surface area contributed by atoms with Crippen molar-refractivity contribution >= 4 is 29.9 Å². The summed E-state index contributed by atoms with van der Waals surface area (Å²) in [5, 5.41) is 10.7. The van der Waals surface area contributed by atoms with E-state index in [4.69, 9.17) is 9.26 Å². The third-order valence-corrected chi connectivity index (χ3v) is 4.93. The van der Waals surface area contributed by atoms with Gasteiger partial charge in [-0.3, -0.25) is 14.9 Å². The molecule has 166 valence electrons. The van der Waals surface area contributed by atoms with Crippen LogP contribution in [-0.2, 0) is 17.8 Å². The minimum Gasteiger partial charge on any atom is -0.371 e. The normalized spacial score (nSPS) is 16.7. The van der Waals surface area contributed by atoms with Crippen molar-refractivity contribution in [1.82, 2.24) is 30.7 Å². The Bertz CT molecular complexity index is 764. The Balaban J connectivity index is 0.00000320. The van der Waals surface area contributed by atoms with Gasteiger partial charge in [0.25, 0.3) is 0 Å². The maximum Gasteiger partial charge on any atom is 0.246 e. The van der Waals surface area contributed by atoms with E-state index in [0.29, 0.717) is 30.9 Å². The minimum absolute atomic E-state index is 0. The van der Waals surface area contributed by atoms with Crippen molar-refractivity contribution in [3.63, 3.8) is 0 Å². The molecule has 2 N–H and O–H groups in total. The van der Waals surface area contributed by atoms with Gasteiger partial charge < -0.3 is 19.9 Å². The van der Waals surface area contributed by atoms with Crippen molar-refractivity contribution in [1.29, 1.82) is 0 Å². The van der Waals surface area contributed by atoms with Crippen LogP contribution >= 0.6 is 24.0 Å². The zero-order valence-corrected chi connectivity index (χ0v) is 20.2. The Morgan fingerprint density at radius 2 is 2.17 bits per heavy atom. The Morgan fingerprint density at radius 3 is 2.83 bits per heavy atom. The van der Waals surface area contributed by atoms with E-state index in [9.17, 15) is 0 Å². The number of pyridine rings is 1. The first-order valence-electron chi connectivity index (χ1n) is 10.2. The molecule has 2 aromatic heterocycles. The first-order chi connectivity index (χ1) is 14.2. The minimum atomic E-state index is -0.175. The highest BCUT2D eigenvalue weighted by Gasteiger charge is 2.20. The van der Waals surface area contributed by atoms with Crippen LogP contribution in [0.1, 0.15) is 50.2 Å².